The normalized spacial score (nSPS) is 17.9. The summed E-state index contributed by atoms with van der Waals surface area (Å²) in [5, 5.41) is 0. The van der Waals surface area contributed by atoms with Crippen LogP contribution >= 0.6 is 19.9 Å². The molecule has 2 atom stereocenters. The zero-order valence-electron chi connectivity index (χ0n) is 16.5. The van der Waals surface area contributed by atoms with Gasteiger partial charge in [0, 0.05) is 4.57 Å². The molecule has 1 aliphatic rings. The minimum Gasteiger partial charge on any atom is -0.219 e. The standard InChI is InChI=1S/C19H24ClF2O5PS/c1-4-14-12-13(3)10-11-16(14)29(25,26)17(15-8-6-7-9-15)18(20,5-2)19(21,22)27-28(23)24/h10-12H,4-9H2,1-3H3/p+1. The fraction of sp³-hybridized carbons (Fsp3) is 0.579. The largest absolute Gasteiger partial charge is 0.701 e. The lowest BCUT2D eigenvalue weighted by molar-refractivity contribution is -0.196. The highest BCUT2D eigenvalue weighted by Crippen LogP contribution is 2.53. The van der Waals surface area contributed by atoms with Crippen LogP contribution in [0.2, 0.25) is 0 Å². The molecular formula is C19H25ClF2O5PS+. The molecule has 1 saturated carbocycles. The van der Waals surface area contributed by atoms with Gasteiger partial charge in [-0.3, -0.25) is 0 Å². The Kier molecular flexibility index (Phi) is 7.61. The van der Waals surface area contributed by atoms with E-state index in [0.717, 1.165) is 5.56 Å². The summed E-state index contributed by atoms with van der Waals surface area (Å²) in [5.41, 5.74) is 1.66. The second kappa shape index (κ2) is 9.06. The summed E-state index contributed by atoms with van der Waals surface area (Å²) >= 11 is 6.32. The summed E-state index contributed by atoms with van der Waals surface area (Å²) in [6.45, 7) is 4.89. The Balaban J connectivity index is 2.82. The number of hydrogen-bond acceptors (Lipinski definition) is 4. The lowest BCUT2D eigenvalue weighted by Crippen LogP contribution is -2.48. The Hall–Kier alpha value is -0.920. The molecule has 2 unspecified atom stereocenters. The SMILES string of the molecule is CCc1cc(C)ccc1S(=O)(=O)C(=C1CCCC1)C(Cl)(CC)C(F)(F)O[P+](=O)O. The van der Waals surface area contributed by atoms with E-state index in [-0.39, 0.29) is 4.90 Å². The molecule has 162 valence electrons. The topological polar surface area (TPSA) is 80.7 Å². The summed E-state index contributed by atoms with van der Waals surface area (Å²) in [6, 6.07) is 4.70. The van der Waals surface area contributed by atoms with Gasteiger partial charge < -0.3 is 0 Å². The van der Waals surface area contributed by atoms with E-state index in [4.69, 9.17) is 16.5 Å². The third kappa shape index (κ3) is 4.72. The van der Waals surface area contributed by atoms with Crippen LogP contribution in [0.3, 0.4) is 0 Å². The molecule has 29 heavy (non-hydrogen) atoms. The van der Waals surface area contributed by atoms with E-state index >= 15 is 0 Å². The monoisotopic (exact) mass is 469 g/mol. The van der Waals surface area contributed by atoms with Crippen LogP contribution in [0.4, 0.5) is 8.78 Å². The molecule has 0 spiro atoms. The Bertz CT molecular complexity index is 925. The number of rotatable bonds is 8. The van der Waals surface area contributed by atoms with Crippen molar-refractivity contribution >= 4 is 29.7 Å². The molecule has 0 amide bonds. The maximum absolute atomic E-state index is 14.9. The smallest absolute Gasteiger partial charge is 0.219 e. The van der Waals surface area contributed by atoms with Crippen molar-refractivity contribution in [1.82, 2.24) is 0 Å². The fourth-order valence-electron chi connectivity index (χ4n) is 3.74. The Morgan fingerprint density at radius 2 is 1.86 bits per heavy atom. The highest BCUT2D eigenvalue weighted by Gasteiger charge is 2.64. The lowest BCUT2D eigenvalue weighted by Gasteiger charge is -2.33. The van der Waals surface area contributed by atoms with Crippen LogP contribution in [0.15, 0.2) is 33.6 Å². The molecule has 1 fully saturated rings. The van der Waals surface area contributed by atoms with E-state index in [0.29, 0.717) is 43.2 Å². The first-order valence-electron chi connectivity index (χ1n) is 9.39. The van der Waals surface area contributed by atoms with E-state index in [1.165, 1.54) is 13.0 Å². The van der Waals surface area contributed by atoms with Crippen LogP contribution in [0.5, 0.6) is 0 Å². The molecule has 1 aromatic carbocycles. The maximum Gasteiger partial charge on any atom is 0.701 e. The molecule has 0 bridgehead atoms. The third-order valence-electron chi connectivity index (χ3n) is 5.18. The number of alkyl halides is 3. The predicted molar refractivity (Wildman–Crippen MR) is 108 cm³/mol. The summed E-state index contributed by atoms with van der Waals surface area (Å²) < 4.78 is 72.2. The summed E-state index contributed by atoms with van der Waals surface area (Å²) in [7, 11) is -8.12. The van der Waals surface area contributed by atoms with Gasteiger partial charge in [0.05, 0.1) is 9.80 Å². The molecule has 1 aromatic rings. The zero-order chi connectivity index (χ0) is 22.0. The Morgan fingerprint density at radius 1 is 1.28 bits per heavy atom. The quantitative estimate of drug-likeness (QED) is 0.384. The first-order valence-corrected chi connectivity index (χ1v) is 12.4. The van der Waals surface area contributed by atoms with Gasteiger partial charge in [0.2, 0.25) is 9.84 Å². The molecule has 0 aromatic heterocycles. The van der Waals surface area contributed by atoms with Gasteiger partial charge in [-0.05, 0) is 61.6 Å². The molecule has 0 aliphatic heterocycles. The van der Waals surface area contributed by atoms with Crippen LogP contribution < -0.4 is 0 Å². The van der Waals surface area contributed by atoms with Gasteiger partial charge >= 0.3 is 14.4 Å². The van der Waals surface area contributed by atoms with Crippen molar-refractivity contribution in [3.63, 3.8) is 0 Å². The number of aryl methyl sites for hydroxylation is 2. The van der Waals surface area contributed by atoms with Gasteiger partial charge in [-0.25, -0.2) is 8.42 Å². The minimum atomic E-state index is -4.42. The van der Waals surface area contributed by atoms with E-state index in [1.54, 1.807) is 19.1 Å². The summed E-state index contributed by atoms with van der Waals surface area (Å²) in [4.78, 5) is 5.41. The second-order valence-electron chi connectivity index (χ2n) is 7.11. The van der Waals surface area contributed by atoms with Gasteiger partial charge in [0.25, 0.3) is 0 Å². The number of sulfone groups is 1. The Labute approximate surface area is 176 Å². The highest BCUT2D eigenvalue weighted by molar-refractivity contribution is 7.95. The number of benzene rings is 1. The van der Waals surface area contributed by atoms with Crippen molar-refractivity contribution in [3.05, 3.63) is 39.8 Å². The highest BCUT2D eigenvalue weighted by atomic mass is 35.5. The molecule has 10 heteroatoms. The van der Waals surface area contributed by atoms with Gasteiger partial charge in [-0.2, -0.15) is 8.78 Å². The Morgan fingerprint density at radius 3 is 2.34 bits per heavy atom. The van der Waals surface area contributed by atoms with E-state index in [2.05, 4.69) is 4.52 Å². The number of allylic oxidation sites excluding steroid dienone is 1. The number of hydrogen-bond donors (Lipinski definition) is 1. The molecule has 0 heterocycles. The molecule has 5 nitrogen and oxygen atoms in total. The average molecular weight is 470 g/mol. The van der Waals surface area contributed by atoms with E-state index < -0.39 is 40.4 Å². The van der Waals surface area contributed by atoms with Crippen molar-refractivity contribution in [2.45, 2.75) is 75.2 Å². The van der Waals surface area contributed by atoms with E-state index in [1.807, 2.05) is 6.92 Å². The van der Waals surface area contributed by atoms with Gasteiger partial charge in [0.15, 0.2) is 4.87 Å². The third-order valence-corrected chi connectivity index (χ3v) is 8.51. The van der Waals surface area contributed by atoms with Crippen LogP contribution in [-0.2, 0) is 25.3 Å². The van der Waals surface area contributed by atoms with Gasteiger partial charge in [-0.15, -0.1) is 16.5 Å². The molecular weight excluding hydrogens is 445 g/mol. The first kappa shape index (κ1) is 24.4. The predicted octanol–water partition coefficient (Wildman–Crippen LogP) is 5.81. The summed E-state index contributed by atoms with van der Waals surface area (Å²) in [6.07, 6.45) is -2.57. The minimum absolute atomic E-state index is 0.0809. The molecule has 2 rings (SSSR count). The average Bonchev–Trinajstić information content (AvgIpc) is 3.13. The van der Waals surface area contributed by atoms with Crippen molar-refractivity contribution in [2.75, 3.05) is 0 Å². The van der Waals surface area contributed by atoms with Crippen molar-refractivity contribution in [3.8, 4) is 0 Å². The van der Waals surface area contributed by atoms with Crippen LogP contribution in [0.25, 0.3) is 0 Å². The van der Waals surface area contributed by atoms with E-state index in [9.17, 15) is 21.8 Å². The molecule has 0 saturated heterocycles. The van der Waals surface area contributed by atoms with Crippen molar-refractivity contribution < 1.29 is 31.2 Å². The molecule has 1 aliphatic carbocycles. The fourth-order valence-corrected chi connectivity index (χ4v) is 6.91. The second-order valence-corrected chi connectivity index (χ2v) is 10.3. The van der Waals surface area contributed by atoms with Crippen molar-refractivity contribution in [2.24, 2.45) is 0 Å². The zero-order valence-corrected chi connectivity index (χ0v) is 19.0. The molecule has 1 N–H and O–H groups in total. The van der Waals surface area contributed by atoms with Gasteiger partial charge in [0.1, 0.15) is 0 Å². The lowest BCUT2D eigenvalue weighted by atomic mass is 9.99. The van der Waals surface area contributed by atoms with Crippen LogP contribution in [0.1, 0.15) is 57.1 Å². The maximum atomic E-state index is 14.9. The van der Waals surface area contributed by atoms with Crippen LogP contribution in [-0.4, -0.2) is 24.3 Å². The molecule has 0 radical (unpaired) electrons. The first-order chi connectivity index (χ1) is 13.4. The summed E-state index contributed by atoms with van der Waals surface area (Å²) in [5.74, 6) is 0. The number of halogens is 3. The van der Waals surface area contributed by atoms with Crippen LogP contribution in [0, 0.1) is 6.92 Å². The van der Waals surface area contributed by atoms with Gasteiger partial charge in [-0.1, -0.05) is 37.1 Å². The van der Waals surface area contributed by atoms with Crippen molar-refractivity contribution in [1.29, 1.82) is 0 Å².